The van der Waals surface area contributed by atoms with Gasteiger partial charge in [0.25, 0.3) is 0 Å². The molecule has 1 saturated heterocycles. The van der Waals surface area contributed by atoms with Crippen LogP contribution in [-0.2, 0) is 4.79 Å². The van der Waals surface area contributed by atoms with E-state index in [1.807, 2.05) is 7.05 Å². The lowest BCUT2D eigenvalue weighted by molar-refractivity contribution is -0.121. The van der Waals surface area contributed by atoms with Crippen LogP contribution in [0.5, 0.6) is 0 Å². The van der Waals surface area contributed by atoms with E-state index in [1.165, 1.54) is 25.7 Å². The Balaban J connectivity index is 1.65. The molecule has 0 atom stereocenters. The summed E-state index contributed by atoms with van der Waals surface area (Å²) in [7, 11) is 1.98. The largest absolute Gasteiger partial charge is 0.335 e. The van der Waals surface area contributed by atoms with E-state index in [2.05, 4.69) is 27.4 Å². The number of piperidine rings is 1. The Bertz CT molecular complexity index is 402. The maximum absolute atomic E-state index is 12.1. The number of hydrogen-bond donors (Lipinski definition) is 2. The van der Waals surface area contributed by atoms with Crippen LogP contribution in [0.4, 0.5) is 4.79 Å². The Morgan fingerprint density at radius 1 is 1.08 bits per heavy atom. The lowest BCUT2D eigenvalue weighted by Gasteiger charge is -2.36. The summed E-state index contributed by atoms with van der Waals surface area (Å²) >= 11 is 0. The molecule has 24 heavy (non-hydrogen) atoms. The normalized spacial score (nSPS) is 21.0. The molecule has 2 N–H and O–H groups in total. The third kappa shape index (κ3) is 6.40. The summed E-state index contributed by atoms with van der Waals surface area (Å²) in [5, 5.41) is 5.41. The van der Waals surface area contributed by atoms with Gasteiger partial charge in [-0.15, -0.1) is 0 Å². The van der Waals surface area contributed by atoms with Crippen LogP contribution in [0, 0.1) is 0 Å². The van der Waals surface area contributed by atoms with Gasteiger partial charge in [0.15, 0.2) is 0 Å². The van der Waals surface area contributed by atoms with Gasteiger partial charge in [-0.25, -0.2) is 4.79 Å². The first kappa shape index (κ1) is 19.2. The van der Waals surface area contributed by atoms with Crippen molar-refractivity contribution in [2.75, 3.05) is 33.2 Å². The van der Waals surface area contributed by atoms with Crippen molar-refractivity contribution in [3.05, 3.63) is 0 Å². The Hall–Kier alpha value is -1.14. The molecule has 3 amide bonds. The summed E-state index contributed by atoms with van der Waals surface area (Å²) < 4.78 is 0. The van der Waals surface area contributed by atoms with E-state index in [0.717, 1.165) is 45.3 Å². The van der Waals surface area contributed by atoms with Gasteiger partial charge in [-0.1, -0.05) is 26.2 Å². The predicted octanol–water partition coefficient (Wildman–Crippen LogP) is 1.95. The van der Waals surface area contributed by atoms with Gasteiger partial charge in [-0.3, -0.25) is 15.0 Å². The molecule has 0 unspecified atom stereocenters. The maximum atomic E-state index is 12.1. The molecule has 0 bridgehead atoms. The van der Waals surface area contributed by atoms with Crippen molar-refractivity contribution in [2.24, 2.45) is 0 Å². The molecule has 0 aromatic rings. The molecule has 1 aliphatic carbocycles. The van der Waals surface area contributed by atoms with Crippen LogP contribution < -0.4 is 10.6 Å². The first-order valence-electron chi connectivity index (χ1n) is 9.61. The van der Waals surface area contributed by atoms with Crippen LogP contribution >= 0.6 is 0 Å². The first-order chi connectivity index (χ1) is 11.6. The highest BCUT2D eigenvalue weighted by molar-refractivity contribution is 5.95. The zero-order chi connectivity index (χ0) is 17.4. The second-order valence-corrected chi connectivity index (χ2v) is 7.34. The molecule has 1 aliphatic heterocycles. The second kappa shape index (κ2) is 9.99. The van der Waals surface area contributed by atoms with E-state index in [1.54, 1.807) is 0 Å². The average molecular weight is 338 g/mol. The molecule has 0 radical (unpaired) electrons. The Morgan fingerprint density at radius 2 is 1.75 bits per heavy atom. The lowest BCUT2D eigenvalue weighted by atomic mass is 9.96. The molecule has 0 spiro atoms. The van der Waals surface area contributed by atoms with Gasteiger partial charge in [0.05, 0.1) is 6.54 Å². The number of carbonyl (C=O) groups is 2. The SMILES string of the molecule is CCCN1CCC(N(C)CC(=O)NC(=O)NC2CCCCC2)CC1. The zero-order valence-electron chi connectivity index (χ0n) is 15.4. The summed E-state index contributed by atoms with van der Waals surface area (Å²) in [6.45, 7) is 5.87. The van der Waals surface area contributed by atoms with Crippen LogP contribution in [0.2, 0.25) is 0 Å². The van der Waals surface area contributed by atoms with Crippen molar-refractivity contribution in [2.45, 2.75) is 70.4 Å². The van der Waals surface area contributed by atoms with E-state index >= 15 is 0 Å². The van der Waals surface area contributed by atoms with Gasteiger partial charge >= 0.3 is 6.03 Å². The fourth-order valence-corrected chi connectivity index (χ4v) is 3.89. The van der Waals surface area contributed by atoms with Crippen molar-refractivity contribution in [1.82, 2.24) is 20.4 Å². The third-order valence-corrected chi connectivity index (χ3v) is 5.31. The maximum Gasteiger partial charge on any atom is 0.321 e. The summed E-state index contributed by atoms with van der Waals surface area (Å²) in [6.07, 6.45) is 9.02. The molecule has 0 aromatic heterocycles. The topological polar surface area (TPSA) is 64.7 Å². The van der Waals surface area contributed by atoms with E-state index in [4.69, 9.17) is 0 Å². The van der Waals surface area contributed by atoms with Crippen molar-refractivity contribution in [1.29, 1.82) is 0 Å². The van der Waals surface area contributed by atoms with Gasteiger partial charge < -0.3 is 10.2 Å². The number of likely N-dealkylation sites (N-methyl/N-ethyl adjacent to an activating group) is 1. The number of nitrogens with zero attached hydrogens (tertiary/aromatic N) is 2. The van der Waals surface area contributed by atoms with Gasteiger partial charge in [-0.2, -0.15) is 0 Å². The summed E-state index contributed by atoms with van der Waals surface area (Å²) in [5.41, 5.74) is 0. The molecule has 6 heteroatoms. The Kier molecular flexibility index (Phi) is 7.99. The van der Waals surface area contributed by atoms with Crippen LogP contribution in [0.15, 0.2) is 0 Å². The highest BCUT2D eigenvalue weighted by Crippen LogP contribution is 2.17. The molecule has 2 rings (SSSR count). The van der Waals surface area contributed by atoms with Crippen LogP contribution in [0.25, 0.3) is 0 Å². The number of carbonyl (C=O) groups excluding carboxylic acids is 2. The summed E-state index contributed by atoms with van der Waals surface area (Å²) in [4.78, 5) is 28.6. The average Bonchev–Trinajstić information content (AvgIpc) is 2.56. The van der Waals surface area contributed by atoms with Crippen molar-refractivity contribution in [3.8, 4) is 0 Å². The molecule has 2 aliphatic rings. The van der Waals surface area contributed by atoms with E-state index < -0.39 is 0 Å². The van der Waals surface area contributed by atoms with Crippen LogP contribution in [0.1, 0.15) is 58.3 Å². The first-order valence-corrected chi connectivity index (χ1v) is 9.61. The van der Waals surface area contributed by atoms with E-state index in [9.17, 15) is 9.59 Å². The van der Waals surface area contributed by atoms with Gasteiger partial charge in [-0.05, 0) is 58.8 Å². The molecule has 138 valence electrons. The molecule has 6 nitrogen and oxygen atoms in total. The summed E-state index contributed by atoms with van der Waals surface area (Å²) in [5.74, 6) is -0.207. The molecule has 1 heterocycles. The highest BCUT2D eigenvalue weighted by Gasteiger charge is 2.24. The lowest BCUT2D eigenvalue weighted by Crippen LogP contribution is -2.50. The molecule has 1 saturated carbocycles. The van der Waals surface area contributed by atoms with Crippen molar-refractivity contribution in [3.63, 3.8) is 0 Å². The minimum absolute atomic E-state index is 0.207. The molecule has 2 fully saturated rings. The fourth-order valence-electron chi connectivity index (χ4n) is 3.89. The van der Waals surface area contributed by atoms with Gasteiger partial charge in [0.2, 0.25) is 5.91 Å². The van der Waals surface area contributed by atoms with Crippen LogP contribution in [0.3, 0.4) is 0 Å². The smallest absolute Gasteiger partial charge is 0.321 e. The Morgan fingerprint density at radius 3 is 2.38 bits per heavy atom. The van der Waals surface area contributed by atoms with Crippen LogP contribution in [-0.4, -0.2) is 67.0 Å². The van der Waals surface area contributed by atoms with E-state index in [0.29, 0.717) is 6.04 Å². The minimum atomic E-state index is -0.335. The molecular weight excluding hydrogens is 304 g/mol. The quantitative estimate of drug-likeness (QED) is 0.777. The number of rotatable bonds is 6. The van der Waals surface area contributed by atoms with Crippen molar-refractivity contribution < 1.29 is 9.59 Å². The standard InChI is InChI=1S/C18H34N4O2/c1-3-11-22-12-9-16(10-13-22)21(2)14-17(23)20-18(24)19-15-7-5-4-6-8-15/h15-16H,3-14H2,1-2H3,(H2,19,20,23,24). The molecule has 0 aromatic carbocycles. The number of likely N-dealkylation sites (tertiary alicyclic amines) is 1. The fraction of sp³-hybridized carbons (Fsp3) is 0.889. The minimum Gasteiger partial charge on any atom is -0.335 e. The van der Waals surface area contributed by atoms with Gasteiger partial charge in [0, 0.05) is 12.1 Å². The van der Waals surface area contributed by atoms with E-state index in [-0.39, 0.29) is 24.5 Å². The number of amides is 3. The zero-order valence-corrected chi connectivity index (χ0v) is 15.4. The van der Waals surface area contributed by atoms with Crippen molar-refractivity contribution >= 4 is 11.9 Å². The predicted molar refractivity (Wildman–Crippen MR) is 95.9 cm³/mol. The summed E-state index contributed by atoms with van der Waals surface area (Å²) in [6, 6.07) is 0.329. The highest BCUT2D eigenvalue weighted by atomic mass is 16.2. The monoisotopic (exact) mass is 338 g/mol. The number of imide groups is 1. The Labute approximate surface area is 146 Å². The molecular formula is C18H34N4O2. The van der Waals surface area contributed by atoms with Gasteiger partial charge in [0.1, 0.15) is 0 Å². The third-order valence-electron chi connectivity index (χ3n) is 5.31. The number of urea groups is 1. The number of hydrogen-bond acceptors (Lipinski definition) is 4. The number of nitrogens with one attached hydrogen (secondary N) is 2. The second-order valence-electron chi connectivity index (χ2n) is 7.34.